The van der Waals surface area contributed by atoms with E-state index in [0.29, 0.717) is 18.7 Å². The monoisotopic (exact) mass is 241 g/mol. The van der Waals surface area contributed by atoms with Crippen LogP contribution in [-0.4, -0.2) is 30.9 Å². The molecule has 0 saturated heterocycles. The fourth-order valence-corrected chi connectivity index (χ4v) is 1.59. The van der Waals surface area contributed by atoms with Gasteiger partial charge in [-0.3, -0.25) is 0 Å². The maximum atomic E-state index is 12.7. The number of halogens is 1. The molecule has 3 nitrogen and oxygen atoms in total. The van der Waals surface area contributed by atoms with Crippen molar-refractivity contribution in [1.29, 1.82) is 0 Å². The van der Waals surface area contributed by atoms with Gasteiger partial charge in [0.1, 0.15) is 5.82 Å². The third-order valence-electron chi connectivity index (χ3n) is 2.53. The van der Waals surface area contributed by atoms with Crippen LogP contribution in [0.25, 0.3) is 0 Å². The molecule has 2 N–H and O–H groups in total. The summed E-state index contributed by atoms with van der Waals surface area (Å²) in [4.78, 5) is 0. The lowest BCUT2D eigenvalue weighted by atomic mass is 10.0. The largest absolute Gasteiger partial charge is 0.387 e. The highest BCUT2D eigenvalue weighted by Gasteiger charge is 2.18. The summed E-state index contributed by atoms with van der Waals surface area (Å²) in [6.45, 7) is 4.95. The van der Waals surface area contributed by atoms with Gasteiger partial charge in [0.05, 0.1) is 12.7 Å². The number of ether oxygens (including phenoxy) is 1. The van der Waals surface area contributed by atoms with Crippen LogP contribution in [0.1, 0.15) is 25.5 Å². The second-order valence-corrected chi connectivity index (χ2v) is 4.77. The molecule has 96 valence electrons. The molecule has 4 heteroatoms. The zero-order valence-corrected chi connectivity index (χ0v) is 10.5. The molecule has 0 aliphatic heterocycles. The van der Waals surface area contributed by atoms with Crippen LogP contribution >= 0.6 is 0 Å². The van der Waals surface area contributed by atoms with Crippen LogP contribution in [0.3, 0.4) is 0 Å². The Morgan fingerprint density at radius 2 is 1.94 bits per heavy atom. The summed E-state index contributed by atoms with van der Waals surface area (Å²) in [5.74, 6) is -0.298. The zero-order valence-electron chi connectivity index (χ0n) is 10.5. The van der Waals surface area contributed by atoms with Crippen LogP contribution in [0.4, 0.5) is 4.39 Å². The molecule has 17 heavy (non-hydrogen) atoms. The molecule has 0 spiro atoms. The Morgan fingerprint density at radius 3 is 2.47 bits per heavy atom. The standard InChI is InChI=1S/C13H20FNO2/c1-13(2,9-17-3)15-8-12(16)10-4-6-11(14)7-5-10/h4-7,12,15-16H,8-9H2,1-3H3. The zero-order chi connectivity index (χ0) is 12.9. The van der Waals surface area contributed by atoms with Crippen molar-refractivity contribution in [1.82, 2.24) is 5.32 Å². The Bertz CT molecular complexity index is 338. The maximum absolute atomic E-state index is 12.7. The minimum atomic E-state index is -0.647. The summed E-state index contributed by atoms with van der Waals surface area (Å²) < 4.78 is 17.8. The van der Waals surface area contributed by atoms with Crippen molar-refractivity contribution in [3.63, 3.8) is 0 Å². The predicted molar refractivity (Wildman–Crippen MR) is 65.3 cm³/mol. The number of rotatable bonds is 6. The van der Waals surface area contributed by atoms with Crippen LogP contribution in [0.15, 0.2) is 24.3 Å². The summed E-state index contributed by atoms with van der Waals surface area (Å²) in [6.07, 6.45) is -0.647. The Kier molecular flexibility index (Phi) is 5.05. The van der Waals surface area contributed by atoms with Gasteiger partial charge in [-0.1, -0.05) is 12.1 Å². The molecule has 0 radical (unpaired) electrons. The van der Waals surface area contributed by atoms with E-state index in [-0.39, 0.29) is 11.4 Å². The molecule has 0 bridgehead atoms. The number of nitrogens with one attached hydrogen (secondary N) is 1. The number of benzene rings is 1. The lowest BCUT2D eigenvalue weighted by Crippen LogP contribution is -2.45. The van der Waals surface area contributed by atoms with Crippen molar-refractivity contribution >= 4 is 0 Å². The summed E-state index contributed by atoms with van der Waals surface area (Å²) in [6, 6.07) is 5.87. The predicted octanol–water partition coefficient (Wildman–Crippen LogP) is 1.87. The lowest BCUT2D eigenvalue weighted by molar-refractivity contribution is 0.107. The molecule has 1 rings (SSSR count). The number of β-amino-alcohol motifs (C(OH)–C–C–N with tert-alkyl or cyclic N) is 1. The molecule has 1 atom stereocenters. The van der Waals surface area contributed by atoms with Crippen LogP contribution in [0.2, 0.25) is 0 Å². The SMILES string of the molecule is COCC(C)(C)NCC(O)c1ccc(F)cc1. The van der Waals surface area contributed by atoms with E-state index in [9.17, 15) is 9.50 Å². The summed E-state index contributed by atoms with van der Waals surface area (Å²) in [7, 11) is 1.64. The molecule has 0 aliphatic carbocycles. The van der Waals surface area contributed by atoms with E-state index >= 15 is 0 Å². The van der Waals surface area contributed by atoms with Crippen LogP contribution in [0, 0.1) is 5.82 Å². The molecule has 0 fully saturated rings. The third kappa shape index (κ3) is 4.81. The minimum Gasteiger partial charge on any atom is -0.387 e. The first-order valence-corrected chi connectivity index (χ1v) is 5.62. The molecule has 1 aromatic carbocycles. The first-order chi connectivity index (χ1) is 7.94. The smallest absolute Gasteiger partial charge is 0.123 e. The van der Waals surface area contributed by atoms with Crippen molar-refractivity contribution in [3.8, 4) is 0 Å². The number of aliphatic hydroxyl groups excluding tert-OH is 1. The molecule has 0 saturated carbocycles. The van der Waals surface area contributed by atoms with Crippen molar-refractivity contribution in [2.45, 2.75) is 25.5 Å². The highest BCUT2D eigenvalue weighted by atomic mass is 19.1. The van der Waals surface area contributed by atoms with Crippen LogP contribution in [-0.2, 0) is 4.74 Å². The van der Waals surface area contributed by atoms with Gasteiger partial charge in [0.2, 0.25) is 0 Å². The molecular weight excluding hydrogens is 221 g/mol. The van der Waals surface area contributed by atoms with E-state index < -0.39 is 6.10 Å². The highest BCUT2D eigenvalue weighted by molar-refractivity contribution is 5.18. The fourth-order valence-electron chi connectivity index (χ4n) is 1.59. The lowest BCUT2D eigenvalue weighted by Gasteiger charge is -2.27. The molecule has 0 amide bonds. The van der Waals surface area contributed by atoms with Crippen molar-refractivity contribution < 1.29 is 14.2 Å². The van der Waals surface area contributed by atoms with E-state index in [1.54, 1.807) is 19.2 Å². The van der Waals surface area contributed by atoms with Gasteiger partial charge in [-0.2, -0.15) is 0 Å². The van der Waals surface area contributed by atoms with E-state index in [1.165, 1.54) is 12.1 Å². The van der Waals surface area contributed by atoms with Crippen molar-refractivity contribution in [3.05, 3.63) is 35.6 Å². The van der Waals surface area contributed by atoms with Gasteiger partial charge in [0.15, 0.2) is 0 Å². The highest BCUT2D eigenvalue weighted by Crippen LogP contribution is 2.14. The summed E-state index contributed by atoms with van der Waals surface area (Å²) in [5, 5.41) is 13.1. The topological polar surface area (TPSA) is 41.5 Å². The Hall–Kier alpha value is -0.970. The van der Waals surface area contributed by atoms with Crippen molar-refractivity contribution in [2.24, 2.45) is 0 Å². The van der Waals surface area contributed by atoms with Gasteiger partial charge < -0.3 is 15.2 Å². The van der Waals surface area contributed by atoms with Crippen molar-refractivity contribution in [2.75, 3.05) is 20.3 Å². The second kappa shape index (κ2) is 6.10. The summed E-state index contributed by atoms with van der Waals surface area (Å²) >= 11 is 0. The van der Waals surface area contributed by atoms with Gasteiger partial charge in [-0.15, -0.1) is 0 Å². The number of aliphatic hydroxyl groups is 1. The van der Waals surface area contributed by atoms with Crippen LogP contribution < -0.4 is 5.32 Å². The van der Waals surface area contributed by atoms with Gasteiger partial charge in [-0.05, 0) is 31.5 Å². The normalized spacial score (nSPS) is 13.7. The molecule has 1 aromatic rings. The molecule has 0 aliphatic rings. The number of hydrogen-bond donors (Lipinski definition) is 2. The molecule has 0 heterocycles. The molecular formula is C13H20FNO2. The van der Waals surface area contributed by atoms with Gasteiger partial charge in [-0.25, -0.2) is 4.39 Å². The fraction of sp³-hybridized carbons (Fsp3) is 0.538. The Morgan fingerprint density at radius 1 is 1.35 bits per heavy atom. The molecule has 1 unspecified atom stereocenters. The Labute approximate surface area is 102 Å². The number of methoxy groups -OCH3 is 1. The van der Waals surface area contributed by atoms with E-state index in [1.807, 2.05) is 13.8 Å². The van der Waals surface area contributed by atoms with Crippen LogP contribution in [0.5, 0.6) is 0 Å². The quantitative estimate of drug-likeness (QED) is 0.799. The first-order valence-electron chi connectivity index (χ1n) is 5.62. The third-order valence-corrected chi connectivity index (χ3v) is 2.53. The van der Waals surface area contributed by atoms with E-state index in [0.717, 1.165) is 0 Å². The van der Waals surface area contributed by atoms with E-state index in [2.05, 4.69) is 5.32 Å². The minimum absolute atomic E-state index is 0.199. The summed E-state index contributed by atoms with van der Waals surface area (Å²) in [5.41, 5.74) is 0.502. The maximum Gasteiger partial charge on any atom is 0.123 e. The van der Waals surface area contributed by atoms with Gasteiger partial charge >= 0.3 is 0 Å². The van der Waals surface area contributed by atoms with Gasteiger partial charge in [0, 0.05) is 19.2 Å². The first kappa shape index (κ1) is 14.1. The van der Waals surface area contributed by atoms with E-state index in [4.69, 9.17) is 4.74 Å². The van der Waals surface area contributed by atoms with Gasteiger partial charge in [0.25, 0.3) is 0 Å². The average molecular weight is 241 g/mol. The molecule has 0 aromatic heterocycles. The second-order valence-electron chi connectivity index (χ2n) is 4.77. The number of hydrogen-bond acceptors (Lipinski definition) is 3. The average Bonchev–Trinajstić information content (AvgIpc) is 2.27. The Balaban J connectivity index is 2.49.